The summed E-state index contributed by atoms with van der Waals surface area (Å²) in [6.45, 7) is 2.92. The Kier molecular flexibility index (Phi) is 11.6. The van der Waals surface area contributed by atoms with Crippen LogP contribution in [0.1, 0.15) is 6.42 Å². The molecule has 11 heteroatoms. The van der Waals surface area contributed by atoms with Crippen molar-refractivity contribution < 1.29 is 22.6 Å². The van der Waals surface area contributed by atoms with E-state index in [1.165, 1.54) is 6.26 Å². The maximum atomic E-state index is 11.1. The number of rotatable bonds is 10. The van der Waals surface area contributed by atoms with E-state index in [9.17, 15) is 8.42 Å². The summed E-state index contributed by atoms with van der Waals surface area (Å²) in [6.07, 6.45) is 2.18. The van der Waals surface area contributed by atoms with Gasteiger partial charge in [-0.05, 0) is 6.42 Å². The smallest absolute Gasteiger partial charge is 0.191 e. The maximum absolute atomic E-state index is 11.1. The molecule has 1 atom stereocenters. The van der Waals surface area contributed by atoms with Gasteiger partial charge < -0.3 is 29.7 Å². The van der Waals surface area contributed by atoms with Crippen LogP contribution < -0.4 is 25.0 Å². The summed E-state index contributed by atoms with van der Waals surface area (Å²) in [4.78, 5) is 6.53. The van der Waals surface area contributed by atoms with Gasteiger partial charge in [-0.25, -0.2) is 8.42 Å². The number of hydrogen-bond acceptors (Lipinski definition) is 7. The molecular weight excluding hydrogens is 523 g/mol. The second-order valence-electron chi connectivity index (χ2n) is 6.89. The molecule has 1 aliphatic heterocycles. The van der Waals surface area contributed by atoms with Crippen LogP contribution in [0.3, 0.4) is 0 Å². The molecule has 2 rings (SSSR count). The van der Waals surface area contributed by atoms with E-state index in [4.69, 9.17) is 14.2 Å². The highest BCUT2D eigenvalue weighted by atomic mass is 127. The van der Waals surface area contributed by atoms with E-state index < -0.39 is 9.84 Å². The van der Waals surface area contributed by atoms with Crippen LogP contribution in [-0.4, -0.2) is 86.5 Å². The van der Waals surface area contributed by atoms with E-state index in [0.29, 0.717) is 19.1 Å². The van der Waals surface area contributed by atoms with Gasteiger partial charge in [0.05, 0.1) is 33.2 Å². The van der Waals surface area contributed by atoms with Crippen molar-refractivity contribution in [3.05, 3.63) is 18.2 Å². The number of halogens is 1. The number of benzene rings is 1. The molecule has 0 radical (unpaired) electrons. The summed E-state index contributed by atoms with van der Waals surface area (Å²) < 4.78 is 38.2. The van der Waals surface area contributed by atoms with Crippen molar-refractivity contribution in [3.8, 4) is 11.5 Å². The number of ether oxygens (including phenoxy) is 3. The zero-order valence-electron chi connectivity index (χ0n) is 18.0. The molecule has 172 valence electrons. The van der Waals surface area contributed by atoms with Gasteiger partial charge in [-0.1, -0.05) is 0 Å². The Morgan fingerprint density at radius 3 is 2.43 bits per heavy atom. The number of aliphatic imine (C=N–C) groups is 1. The van der Waals surface area contributed by atoms with E-state index in [2.05, 4.69) is 20.5 Å². The number of guanidine groups is 1. The van der Waals surface area contributed by atoms with Crippen molar-refractivity contribution in [1.82, 2.24) is 10.6 Å². The van der Waals surface area contributed by atoms with Gasteiger partial charge in [-0.2, -0.15) is 0 Å². The molecule has 1 unspecified atom stereocenters. The largest absolute Gasteiger partial charge is 0.497 e. The fourth-order valence-electron chi connectivity index (χ4n) is 3.03. The Hall–Kier alpha value is -1.47. The van der Waals surface area contributed by atoms with Crippen molar-refractivity contribution in [2.75, 3.05) is 71.0 Å². The van der Waals surface area contributed by atoms with Crippen LogP contribution in [0.15, 0.2) is 23.2 Å². The molecular formula is C19H33IN4O5S. The molecule has 0 spiro atoms. The summed E-state index contributed by atoms with van der Waals surface area (Å²) in [5, 5.41) is 6.61. The Morgan fingerprint density at radius 1 is 1.20 bits per heavy atom. The van der Waals surface area contributed by atoms with Crippen LogP contribution in [0.4, 0.5) is 5.69 Å². The topological polar surface area (TPSA) is 101 Å². The highest BCUT2D eigenvalue weighted by Crippen LogP contribution is 2.30. The Balaban J connectivity index is 0.00000450. The van der Waals surface area contributed by atoms with Crippen molar-refractivity contribution in [3.63, 3.8) is 0 Å². The average molecular weight is 556 g/mol. The molecule has 2 N–H and O–H groups in total. The minimum absolute atomic E-state index is 0. The molecule has 1 saturated heterocycles. The fraction of sp³-hybridized carbons (Fsp3) is 0.632. The van der Waals surface area contributed by atoms with Gasteiger partial charge in [0.25, 0.3) is 0 Å². The SMILES string of the molecule is CN=C(NCCOCCS(C)(=O)=O)NC1CCN(c2cc(OC)cc(OC)c2)C1.I. The normalized spacial score (nSPS) is 16.7. The first-order valence-electron chi connectivity index (χ1n) is 9.55. The van der Waals surface area contributed by atoms with Crippen LogP contribution in [0.5, 0.6) is 11.5 Å². The second-order valence-corrected chi connectivity index (χ2v) is 9.15. The Morgan fingerprint density at radius 2 is 1.87 bits per heavy atom. The van der Waals surface area contributed by atoms with Crippen LogP contribution in [0.25, 0.3) is 0 Å². The van der Waals surface area contributed by atoms with E-state index in [-0.39, 0.29) is 42.4 Å². The Bertz CT molecular complexity index is 769. The number of sulfone groups is 1. The lowest BCUT2D eigenvalue weighted by atomic mass is 10.2. The molecule has 30 heavy (non-hydrogen) atoms. The van der Waals surface area contributed by atoms with Crippen molar-refractivity contribution >= 4 is 45.5 Å². The molecule has 0 amide bonds. The average Bonchev–Trinajstić information content (AvgIpc) is 3.16. The predicted molar refractivity (Wildman–Crippen MR) is 131 cm³/mol. The highest BCUT2D eigenvalue weighted by molar-refractivity contribution is 14.0. The zero-order chi connectivity index (χ0) is 21.3. The van der Waals surface area contributed by atoms with E-state index in [1.54, 1.807) is 21.3 Å². The molecule has 9 nitrogen and oxygen atoms in total. The quantitative estimate of drug-likeness (QED) is 0.192. The number of anilines is 1. The maximum Gasteiger partial charge on any atom is 0.191 e. The minimum Gasteiger partial charge on any atom is -0.497 e. The summed E-state index contributed by atoms with van der Waals surface area (Å²) in [7, 11) is 2.03. The molecule has 1 heterocycles. The molecule has 1 aromatic carbocycles. The first kappa shape index (κ1) is 26.6. The zero-order valence-corrected chi connectivity index (χ0v) is 21.2. The van der Waals surface area contributed by atoms with Crippen LogP contribution in [0, 0.1) is 0 Å². The van der Waals surface area contributed by atoms with Gasteiger partial charge in [0, 0.05) is 62.9 Å². The second kappa shape index (κ2) is 13.1. The van der Waals surface area contributed by atoms with Gasteiger partial charge in [-0.3, -0.25) is 4.99 Å². The highest BCUT2D eigenvalue weighted by Gasteiger charge is 2.24. The molecule has 0 bridgehead atoms. The molecule has 0 saturated carbocycles. The molecule has 0 aromatic heterocycles. The van der Waals surface area contributed by atoms with Gasteiger partial charge >= 0.3 is 0 Å². The van der Waals surface area contributed by atoms with Crippen LogP contribution >= 0.6 is 24.0 Å². The lowest BCUT2D eigenvalue weighted by molar-refractivity contribution is 0.154. The predicted octanol–water partition coefficient (Wildman–Crippen LogP) is 1.13. The molecule has 1 aromatic rings. The van der Waals surface area contributed by atoms with Crippen LogP contribution in [-0.2, 0) is 14.6 Å². The fourth-order valence-corrected chi connectivity index (χ4v) is 3.45. The third kappa shape index (κ3) is 9.13. The summed E-state index contributed by atoms with van der Waals surface area (Å²) in [5.41, 5.74) is 1.06. The summed E-state index contributed by atoms with van der Waals surface area (Å²) >= 11 is 0. The first-order chi connectivity index (χ1) is 13.8. The number of nitrogens with one attached hydrogen (secondary N) is 2. The summed E-state index contributed by atoms with van der Waals surface area (Å²) in [5.74, 6) is 2.27. The third-order valence-electron chi connectivity index (χ3n) is 4.59. The molecule has 0 aliphatic carbocycles. The molecule has 1 fully saturated rings. The third-order valence-corrected chi connectivity index (χ3v) is 5.50. The number of methoxy groups -OCH3 is 2. The standard InChI is InChI=1S/C19H32N4O5S.HI/c1-20-19(21-6-8-28-9-10-29(4,24)25)22-15-5-7-23(14-15)16-11-17(26-2)13-18(12-16)27-3;/h11-13,15H,5-10,14H2,1-4H3,(H2,20,21,22);1H. The van der Waals surface area contributed by atoms with E-state index in [1.807, 2.05) is 18.2 Å². The van der Waals surface area contributed by atoms with E-state index >= 15 is 0 Å². The number of nitrogens with zero attached hydrogens (tertiary/aromatic N) is 2. The van der Waals surface area contributed by atoms with Crippen molar-refractivity contribution in [2.45, 2.75) is 12.5 Å². The number of hydrogen-bond donors (Lipinski definition) is 2. The first-order valence-corrected chi connectivity index (χ1v) is 11.6. The minimum atomic E-state index is -2.99. The lowest BCUT2D eigenvalue weighted by Gasteiger charge is -2.21. The molecule has 1 aliphatic rings. The van der Waals surface area contributed by atoms with Gasteiger partial charge in [0.2, 0.25) is 0 Å². The lowest BCUT2D eigenvalue weighted by Crippen LogP contribution is -2.45. The van der Waals surface area contributed by atoms with Gasteiger partial charge in [-0.15, -0.1) is 24.0 Å². The Labute approximate surface area is 196 Å². The summed E-state index contributed by atoms with van der Waals surface area (Å²) in [6, 6.07) is 6.13. The van der Waals surface area contributed by atoms with Gasteiger partial charge in [0.1, 0.15) is 21.3 Å². The van der Waals surface area contributed by atoms with Crippen molar-refractivity contribution in [2.24, 2.45) is 4.99 Å². The monoisotopic (exact) mass is 556 g/mol. The van der Waals surface area contributed by atoms with Crippen molar-refractivity contribution in [1.29, 1.82) is 0 Å². The van der Waals surface area contributed by atoms with Gasteiger partial charge in [0.15, 0.2) is 5.96 Å². The van der Waals surface area contributed by atoms with E-state index in [0.717, 1.165) is 36.7 Å². The van der Waals surface area contributed by atoms with Crippen LogP contribution in [0.2, 0.25) is 0 Å².